The zero-order valence-corrected chi connectivity index (χ0v) is 23.7. The summed E-state index contributed by atoms with van der Waals surface area (Å²) in [5, 5.41) is 14.1. The molecule has 0 bridgehead atoms. The second-order valence-corrected chi connectivity index (χ2v) is 10.2. The number of hydrogen-bond acceptors (Lipinski definition) is 6. The summed E-state index contributed by atoms with van der Waals surface area (Å²) in [5.74, 6) is 1.47. The average Bonchev–Trinajstić information content (AvgIpc) is 3.40. The highest BCUT2D eigenvalue weighted by molar-refractivity contribution is 5.77. The number of azide groups is 1. The van der Waals surface area contributed by atoms with Gasteiger partial charge in [0, 0.05) is 24.4 Å². The molecule has 1 aliphatic rings. The molecule has 0 aliphatic carbocycles. The summed E-state index contributed by atoms with van der Waals surface area (Å²) in [4.78, 5) is 17.7. The molecule has 1 fully saturated rings. The van der Waals surface area contributed by atoms with E-state index in [1.165, 1.54) is 0 Å². The Kier molecular flexibility index (Phi) is 10.6. The normalized spacial score (nSPS) is 16.7. The van der Waals surface area contributed by atoms with Crippen LogP contribution in [-0.4, -0.2) is 62.0 Å². The number of benzene rings is 3. The molecule has 41 heavy (non-hydrogen) atoms. The molecule has 1 saturated heterocycles. The van der Waals surface area contributed by atoms with Crippen LogP contribution in [-0.2, 0) is 15.1 Å². The van der Waals surface area contributed by atoms with E-state index in [2.05, 4.69) is 10.0 Å². The van der Waals surface area contributed by atoms with Crippen LogP contribution in [0.4, 0.5) is 0 Å². The van der Waals surface area contributed by atoms with E-state index in [1.807, 2.05) is 78.9 Å². The minimum absolute atomic E-state index is 0.00172. The van der Waals surface area contributed by atoms with Gasteiger partial charge in [-0.1, -0.05) is 66.1 Å². The average molecular weight is 559 g/mol. The number of amides is 1. The topological polar surface area (TPSA) is 117 Å². The van der Waals surface area contributed by atoms with E-state index in [4.69, 9.17) is 19.7 Å². The number of carbonyl (C=O) groups is 1. The summed E-state index contributed by atoms with van der Waals surface area (Å²) >= 11 is 0. The zero-order valence-electron chi connectivity index (χ0n) is 23.7. The number of nitrogens with zero attached hydrogens (tertiary/aromatic N) is 4. The van der Waals surface area contributed by atoms with E-state index in [-0.39, 0.29) is 25.1 Å². The Hall–Kier alpha value is -4.04. The van der Waals surface area contributed by atoms with Gasteiger partial charge in [0.2, 0.25) is 5.91 Å². The number of β-amino-alcohol motifs (C(OH)–C–C–N with tert-alkyl or cyclic N) is 1. The third-order valence-electron chi connectivity index (χ3n) is 7.59. The van der Waals surface area contributed by atoms with Gasteiger partial charge in [0.15, 0.2) is 0 Å². The molecule has 0 aromatic heterocycles. The largest absolute Gasteiger partial charge is 0.497 e. The minimum atomic E-state index is -0.997. The number of aliphatic hydroxyl groups is 1. The van der Waals surface area contributed by atoms with Crippen LogP contribution in [0.3, 0.4) is 0 Å². The number of aliphatic hydroxyl groups excluding tert-OH is 1. The van der Waals surface area contributed by atoms with Crippen LogP contribution in [0.5, 0.6) is 11.5 Å². The highest BCUT2D eigenvalue weighted by Gasteiger charge is 2.41. The first-order valence-electron chi connectivity index (χ1n) is 14.0. The van der Waals surface area contributed by atoms with Crippen molar-refractivity contribution in [2.75, 3.05) is 33.9 Å². The molecule has 4 rings (SSSR count). The fourth-order valence-corrected chi connectivity index (χ4v) is 5.47. The quantitative estimate of drug-likeness (QED) is 0.0876. The van der Waals surface area contributed by atoms with Crippen LogP contribution in [0.2, 0.25) is 0 Å². The molecule has 216 valence electrons. The summed E-state index contributed by atoms with van der Waals surface area (Å²) in [6.45, 7) is 0.948. The van der Waals surface area contributed by atoms with Crippen molar-refractivity contribution in [2.24, 2.45) is 5.11 Å². The fraction of sp³-hybridized carbons (Fsp3) is 0.406. The van der Waals surface area contributed by atoms with Gasteiger partial charge in [-0.3, -0.25) is 4.79 Å². The lowest BCUT2D eigenvalue weighted by molar-refractivity contribution is -0.134. The molecular formula is C32H38N4O5. The third kappa shape index (κ3) is 7.19. The van der Waals surface area contributed by atoms with E-state index in [0.717, 1.165) is 41.0 Å². The molecule has 1 heterocycles. The first-order chi connectivity index (χ1) is 20.0. The lowest BCUT2D eigenvalue weighted by Crippen LogP contribution is -2.42. The van der Waals surface area contributed by atoms with Crippen LogP contribution < -0.4 is 9.47 Å². The van der Waals surface area contributed by atoms with E-state index in [0.29, 0.717) is 25.8 Å². The number of methoxy groups -OCH3 is 2. The van der Waals surface area contributed by atoms with E-state index < -0.39 is 11.7 Å². The summed E-state index contributed by atoms with van der Waals surface area (Å²) < 4.78 is 17.8. The number of hydrogen-bond donors (Lipinski definition) is 1. The SMILES string of the molecule is COc1ccc(C(OC[C@@H]2C[C@@H](O)CN2C(=O)CCCCCN=[N+]=[N-])(c2ccccc2)c2ccc(OC)cc2)cc1. The standard InChI is InChI=1S/C32H38N4O5/c1-39-29-16-12-25(13-17-29)32(24-9-5-3-6-10-24,26-14-18-30(40-2)19-15-26)41-23-27-21-28(37)22-36(27)31(38)11-7-4-8-20-34-35-33/h3,5-6,9-10,12-19,27-28,37H,4,7-8,11,20-23H2,1-2H3/t27-,28+/m0/s1. The number of rotatable bonds is 14. The number of likely N-dealkylation sites (tertiary alicyclic amines) is 1. The highest BCUT2D eigenvalue weighted by Crippen LogP contribution is 2.42. The Morgan fingerprint density at radius 2 is 1.51 bits per heavy atom. The van der Waals surface area contributed by atoms with Gasteiger partial charge in [0.05, 0.1) is 33.0 Å². The molecule has 0 saturated carbocycles. The molecule has 1 aliphatic heterocycles. The van der Waals surface area contributed by atoms with Gasteiger partial charge in [0.25, 0.3) is 0 Å². The van der Waals surface area contributed by atoms with Gasteiger partial charge in [-0.25, -0.2) is 0 Å². The lowest BCUT2D eigenvalue weighted by atomic mass is 9.80. The monoisotopic (exact) mass is 558 g/mol. The van der Waals surface area contributed by atoms with Crippen LogP contribution in [0, 0.1) is 0 Å². The molecule has 9 heteroatoms. The minimum Gasteiger partial charge on any atom is -0.497 e. The molecule has 0 radical (unpaired) electrons. The van der Waals surface area contributed by atoms with Gasteiger partial charge >= 0.3 is 0 Å². The predicted octanol–water partition coefficient (Wildman–Crippen LogP) is 5.84. The smallest absolute Gasteiger partial charge is 0.222 e. The Morgan fingerprint density at radius 3 is 2.07 bits per heavy atom. The molecule has 3 aromatic rings. The Bertz CT molecular complexity index is 1250. The molecule has 9 nitrogen and oxygen atoms in total. The molecule has 1 N–H and O–H groups in total. The maximum absolute atomic E-state index is 13.2. The Morgan fingerprint density at radius 1 is 0.927 bits per heavy atom. The van der Waals surface area contributed by atoms with Gasteiger partial charge < -0.3 is 24.2 Å². The van der Waals surface area contributed by atoms with Crippen molar-refractivity contribution in [1.82, 2.24) is 4.90 Å². The van der Waals surface area contributed by atoms with Crippen molar-refractivity contribution in [1.29, 1.82) is 0 Å². The summed E-state index contributed by atoms with van der Waals surface area (Å²) in [5.41, 5.74) is 10.2. The second-order valence-electron chi connectivity index (χ2n) is 10.2. The van der Waals surface area contributed by atoms with Crippen LogP contribution in [0.25, 0.3) is 10.4 Å². The Labute approximate surface area is 241 Å². The van der Waals surface area contributed by atoms with E-state index >= 15 is 0 Å². The van der Waals surface area contributed by atoms with Gasteiger partial charge in [0.1, 0.15) is 17.1 Å². The van der Waals surface area contributed by atoms with Gasteiger partial charge in [-0.05, 0) is 65.7 Å². The van der Waals surface area contributed by atoms with Gasteiger partial charge in [-0.15, -0.1) is 0 Å². The summed E-state index contributed by atoms with van der Waals surface area (Å²) in [7, 11) is 3.27. The summed E-state index contributed by atoms with van der Waals surface area (Å²) in [6.07, 6.45) is 2.46. The van der Waals surface area contributed by atoms with Crippen LogP contribution >= 0.6 is 0 Å². The maximum atomic E-state index is 13.2. The van der Waals surface area contributed by atoms with Crippen molar-refractivity contribution < 1.29 is 24.1 Å². The maximum Gasteiger partial charge on any atom is 0.222 e. The van der Waals surface area contributed by atoms with Crippen LogP contribution in [0.1, 0.15) is 48.8 Å². The molecule has 0 unspecified atom stereocenters. The first-order valence-corrected chi connectivity index (χ1v) is 14.0. The molecular weight excluding hydrogens is 520 g/mol. The Balaban J connectivity index is 1.64. The predicted molar refractivity (Wildman–Crippen MR) is 157 cm³/mol. The molecule has 2 atom stereocenters. The van der Waals surface area contributed by atoms with Crippen molar-refractivity contribution in [2.45, 2.75) is 49.9 Å². The van der Waals surface area contributed by atoms with Crippen molar-refractivity contribution >= 4 is 5.91 Å². The number of unbranched alkanes of at least 4 members (excludes halogenated alkanes) is 2. The molecule has 0 spiro atoms. The van der Waals surface area contributed by atoms with E-state index in [9.17, 15) is 9.90 Å². The van der Waals surface area contributed by atoms with Crippen LogP contribution in [0.15, 0.2) is 84.0 Å². The van der Waals surface area contributed by atoms with Gasteiger partial charge in [-0.2, -0.15) is 0 Å². The van der Waals surface area contributed by atoms with Crippen molar-refractivity contribution in [3.05, 3.63) is 106 Å². The van der Waals surface area contributed by atoms with Crippen molar-refractivity contribution in [3.8, 4) is 11.5 Å². The van der Waals surface area contributed by atoms with E-state index in [1.54, 1.807) is 19.1 Å². The number of carbonyl (C=O) groups excluding carboxylic acids is 1. The molecule has 3 aromatic carbocycles. The lowest BCUT2D eigenvalue weighted by Gasteiger charge is -2.38. The fourth-order valence-electron chi connectivity index (χ4n) is 5.47. The first kappa shape index (κ1) is 29.9. The third-order valence-corrected chi connectivity index (χ3v) is 7.59. The number of ether oxygens (including phenoxy) is 3. The second kappa shape index (κ2) is 14.6. The van der Waals surface area contributed by atoms with Crippen molar-refractivity contribution in [3.63, 3.8) is 0 Å². The highest BCUT2D eigenvalue weighted by atomic mass is 16.5. The summed E-state index contributed by atoms with van der Waals surface area (Å²) in [6, 6.07) is 25.4. The molecule has 1 amide bonds. The zero-order chi connectivity index (χ0) is 29.1.